The predicted octanol–water partition coefficient (Wildman–Crippen LogP) is 1.59. The fourth-order valence-corrected chi connectivity index (χ4v) is 0.897. The van der Waals surface area contributed by atoms with Crippen molar-refractivity contribution in [2.75, 3.05) is 7.11 Å². The number of carbonyl (C=O) groups excluding carboxylic acids is 1. The molecule has 0 spiro atoms. The zero-order chi connectivity index (χ0) is 9.84. The van der Waals surface area contributed by atoms with Crippen LogP contribution in [0.1, 0.15) is 20.7 Å². The largest absolute Gasteiger partial charge is 0.478 e. The lowest BCUT2D eigenvalue weighted by atomic mass is 10.1. The Bertz CT molecular complexity index is 348. The summed E-state index contributed by atoms with van der Waals surface area (Å²) in [5.74, 6) is -1.60. The molecule has 14 heavy (non-hydrogen) atoms. The predicted molar refractivity (Wildman–Crippen MR) is 52.0 cm³/mol. The van der Waals surface area contributed by atoms with Crippen molar-refractivity contribution in [1.29, 1.82) is 0 Å². The van der Waals surface area contributed by atoms with E-state index in [0.717, 1.165) is 0 Å². The van der Waals surface area contributed by atoms with Crippen molar-refractivity contribution in [3.8, 4) is 0 Å². The van der Waals surface area contributed by atoms with E-state index in [4.69, 9.17) is 5.11 Å². The second-order valence-electron chi connectivity index (χ2n) is 2.38. The van der Waals surface area contributed by atoms with Crippen LogP contribution in [-0.2, 0) is 4.74 Å². The number of rotatable bonds is 2. The van der Waals surface area contributed by atoms with E-state index >= 15 is 0 Å². The molecular weight excluding hydrogens is 208 g/mol. The van der Waals surface area contributed by atoms with E-state index in [1.807, 2.05) is 0 Å². The zero-order valence-electron chi connectivity index (χ0n) is 7.39. The van der Waals surface area contributed by atoms with Crippen LogP contribution >= 0.6 is 12.4 Å². The Morgan fingerprint density at radius 2 is 1.86 bits per heavy atom. The van der Waals surface area contributed by atoms with E-state index in [9.17, 15) is 9.59 Å². The monoisotopic (exact) mass is 216 g/mol. The molecular formula is C9H9ClO4. The van der Waals surface area contributed by atoms with Crippen molar-refractivity contribution >= 4 is 24.3 Å². The number of halogens is 1. The van der Waals surface area contributed by atoms with Crippen molar-refractivity contribution in [2.24, 2.45) is 0 Å². The van der Waals surface area contributed by atoms with Crippen LogP contribution in [0.4, 0.5) is 0 Å². The molecule has 0 atom stereocenters. The molecule has 0 heterocycles. The van der Waals surface area contributed by atoms with Gasteiger partial charge < -0.3 is 9.84 Å². The van der Waals surface area contributed by atoms with Gasteiger partial charge in [0, 0.05) is 0 Å². The van der Waals surface area contributed by atoms with Gasteiger partial charge in [0.15, 0.2) is 0 Å². The second-order valence-corrected chi connectivity index (χ2v) is 2.38. The smallest absolute Gasteiger partial charge is 0.337 e. The maximum Gasteiger partial charge on any atom is 0.337 e. The topological polar surface area (TPSA) is 63.6 Å². The number of carboxylic acid groups (broad SMARTS) is 1. The van der Waals surface area contributed by atoms with Gasteiger partial charge in [0.2, 0.25) is 0 Å². The Morgan fingerprint density at radius 3 is 2.36 bits per heavy atom. The Hall–Kier alpha value is -1.55. The van der Waals surface area contributed by atoms with E-state index < -0.39 is 11.9 Å². The van der Waals surface area contributed by atoms with E-state index in [0.29, 0.717) is 0 Å². The Morgan fingerprint density at radius 1 is 1.29 bits per heavy atom. The van der Waals surface area contributed by atoms with Crippen molar-refractivity contribution in [3.63, 3.8) is 0 Å². The van der Waals surface area contributed by atoms with Crippen LogP contribution < -0.4 is 0 Å². The molecule has 1 aromatic carbocycles. The average Bonchev–Trinajstić information content (AvgIpc) is 2.17. The summed E-state index contributed by atoms with van der Waals surface area (Å²) < 4.78 is 4.44. The third-order valence-electron chi connectivity index (χ3n) is 1.53. The highest BCUT2D eigenvalue weighted by atomic mass is 35.5. The molecule has 5 heteroatoms. The maximum atomic E-state index is 11.0. The Kier molecular flexibility index (Phi) is 4.66. The Labute approximate surface area is 86.9 Å². The summed E-state index contributed by atoms with van der Waals surface area (Å²) in [7, 11) is 1.25. The number of carboxylic acids is 1. The van der Waals surface area contributed by atoms with Crippen LogP contribution in [0, 0.1) is 0 Å². The molecule has 0 aromatic heterocycles. The van der Waals surface area contributed by atoms with E-state index in [1.165, 1.54) is 31.4 Å². The van der Waals surface area contributed by atoms with Crippen LogP contribution in [0.2, 0.25) is 0 Å². The van der Waals surface area contributed by atoms with Gasteiger partial charge in [-0.1, -0.05) is 6.07 Å². The third-order valence-corrected chi connectivity index (χ3v) is 1.53. The van der Waals surface area contributed by atoms with Gasteiger partial charge in [0.25, 0.3) is 0 Å². The van der Waals surface area contributed by atoms with Crippen molar-refractivity contribution in [2.45, 2.75) is 0 Å². The first-order valence-corrected chi connectivity index (χ1v) is 3.57. The molecule has 0 bridgehead atoms. The summed E-state index contributed by atoms with van der Waals surface area (Å²) in [5, 5.41) is 8.61. The summed E-state index contributed by atoms with van der Waals surface area (Å²) in [4.78, 5) is 21.5. The lowest BCUT2D eigenvalue weighted by Gasteiger charge is -1.99. The molecule has 0 amide bonds. The van der Waals surface area contributed by atoms with Gasteiger partial charge in [0.05, 0.1) is 18.2 Å². The minimum absolute atomic E-state index is 0. The summed E-state index contributed by atoms with van der Waals surface area (Å²) in [6, 6.07) is 5.68. The number of aromatic carboxylic acids is 1. The molecule has 0 unspecified atom stereocenters. The molecule has 1 N–H and O–H groups in total. The van der Waals surface area contributed by atoms with Gasteiger partial charge in [-0.25, -0.2) is 9.59 Å². The minimum atomic E-state index is -1.06. The molecule has 4 nitrogen and oxygen atoms in total. The first kappa shape index (κ1) is 12.4. The van der Waals surface area contributed by atoms with Gasteiger partial charge in [-0.3, -0.25) is 0 Å². The van der Waals surface area contributed by atoms with E-state index in [-0.39, 0.29) is 23.5 Å². The molecule has 0 aliphatic rings. The molecule has 0 fully saturated rings. The molecule has 0 aliphatic carbocycles. The van der Waals surface area contributed by atoms with Crippen LogP contribution in [0.15, 0.2) is 24.3 Å². The summed E-state index contributed by atoms with van der Waals surface area (Å²) in [6.07, 6.45) is 0. The maximum absolute atomic E-state index is 11.0. The van der Waals surface area contributed by atoms with Crippen molar-refractivity contribution in [3.05, 3.63) is 35.4 Å². The van der Waals surface area contributed by atoms with Crippen molar-refractivity contribution < 1.29 is 19.4 Å². The van der Waals surface area contributed by atoms with Crippen molar-refractivity contribution in [1.82, 2.24) is 0 Å². The van der Waals surface area contributed by atoms with Crippen LogP contribution in [-0.4, -0.2) is 24.2 Å². The number of carbonyl (C=O) groups is 2. The van der Waals surface area contributed by atoms with Gasteiger partial charge in [-0.15, -0.1) is 12.4 Å². The zero-order valence-corrected chi connectivity index (χ0v) is 8.21. The lowest BCUT2D eigenvalue weighted by molar-refractivity contribution is 0.0600. The van der Waals surface area contributed by atoms with Gasteiger partial charge in [-0.2, -0.15) is 0 Å². The number of hydrogen-bond acceptors (Lipinski definition) is 3. The molecule has 76 valence electrons. The molecule has 0 radical (unpaired) electrons. The molecule has 0 aliphatic heterocycles. The second kappa shape index (κ2) is 5.24. The minimum Gasteiger partial charge on any atom is -0.478 e. The first-order chi connectivity index (χ1) is 6.15. The van der Waals surface area contributed by atoms with Gasteiger partial charge >= 0.3 is 11.9 Å². The number of benzene rings is 1. The molecule has 1 rings (SSSR count). The summed E-state index contributed by atoms with van der Waals surface area (Å²) in [6.45, 7) is 0. The highest BCUT2D eigenvalue weighted by Crippen LogP contribution is 2.06. The number of esters is 1. The number of ether oxygens (including phenoxy) is 1. The van der Waals surface area contributed by atoms with Crippen LogP contribution in [0.25, 0.3) is 0 Å². The Balaban J connectivity index is 0.00000169. The van der Waals surface area contributed by atoms with E-state index in [2.05, 4.69) is 4.74 Å². The first-order valence-electron chi connectivity index (χ1n) is 3.57. The highest BCUT2D eigenvalue weighted by molar-refractivity contribution is 5.94. The highest BCUT2D eigenvalue weighted by Gasteiger charge is 2.08. The van der Waals surface area contributed by atoms with Gasteiger partial charge in [-0.05, 0) is 18.2 Å². The van der Waals surface area contributed by atoms with Crippen LogP contribution in [0.3, 0.4) is 0 Å². The fraction of sp³-hybridized carbons (Fsp3) is 0.111. The fourth-order valence-electron chi connectivity index (χ4n) is 0.897. The third kappa shape index (κ3) is 2.74. The standard InChI is InChI=1S/C9H8O4.ClH/c1-13-9(12)7-4-2-3-6(5-7)8(10)11;/h2-5H,1H3,(H,10,11);1H. The molecule has 1 aromatic rings. The van der Waals surface area contributed by atoms with Gasteiger partial charge in [0.1, 0.15) is 0 Å². The lowest BCUT2D eigenvalue weighted by Crippen LogP contribution is -2.03. The number of hydrogen-bond donors (Lipinski definition) is 1. The SMILES string of the molecule is COC(=O)c1cccc(C(=O)O)c1.Cl. The summed E-state index contributed by atoms with van der Waals surface area (Å²) >= 11 is 0. The quantitative estimate of drug-likeness (QED) is 0.763. The number of methoxy groups -OCH3 is 1. The molecule has 0 saturated carbocycles. The molecule has 0 saturated heterocycles. The normalized spacial score (nSPS) is 8.64. The van der Waals surface area contributed by atoms with Crippen LogP contribution in [0.5, 0.6) is 0 Å². The summed E-state index contributed by atoms with van der Waals surface area (Å²) in [5.41, 5.74) is 0.310. The average molecular weight is 217 g/mol. The van der Waals surface area contributed by atoms with E-state index in [1.54, 1.807) is 0 Å².